The molecule has 0 aliphatic heterocycles. The number of benzene rings is 2. The van der Waals surface area contributed by atoms with Crippen molar-refractivity contribution in [2.75, 3.05) is 7.11 Å². The Morgan fingerprint density at radius 3 is 2.71 bits per heavy atom. The summed E-state index contributed by atoms with van der Waals surface area (Å²) in [6.45, 7) is 0. The Labute approximate surface area is 165 Å². The van der Waals surface area contributed by atoms with Gasteiger partial charge in [-0.05, 0) is 30.4 Å². The van der Waals surface area contributed by atoms with Crippen LogP contribution in [0.15, 0.2) is 66.9 Å². The molecule has 28 heavy (non-hydrogen) atoms. The smallest absolute Gasteiger partial charge is 0.217 e. The van der Waals surface area contributed by atoms with Gasteiger partial charge in [-0.3, -0.25) is 4.40 Å². The zero-order valence-electron chi connectivity index (χ0n) is 15.1. The van der Waals surface area contributed by atoms with E-state index in [-0.39, 0.29) is 0 Å². The van der Waals surface area contributed by atoms with Gasteiger partial charge < -0.3 is 4.74 Å². The minimum absolute atomic E-state index is 0.744. The number of nitrogens with zero attached hydrogens (tertiary/aromatic N) is 4. The van der Waals surface area contributed by atoms with E-state index in [1.54, 1.807) is 18.4 Å². The van der Waals surface area contributed by atoms with Crippen LogP contribution in [0.2, 0.25) is 0 Å². The molecule has 0 aliphatic carbocycles. The molecule has 0 aliphatic rings. The lowest BCUT2D eigenvalue weighted by molar-refractivity contribution is 0.414. The van der Waals surface area contributed by atoms with Crippen molar-refractivity contribution in [2.45, 2.75) is 0 Å². The third kappa shape index (κ3) is 2.93. The normalized spacial score (nSPS) is 11.6. The van der Waals surface area contributed by atoms with Crippen molar-refractivity contribution in [3.63, 3.8) is 0 Å². The summed E-state index contributed by atoms with van der Waals surface area (Å²) in [5.74, 6) is 1.59. The van der Waals surface area contributed by atoms with Crippen LogP contribution >= 0.6 is 11.3 Å². The summed E-state index contributed by atoms with van der Waals surface area (Å²) in [5.41, 5.74) is 2.79. The first-order valence-corrected chi connectivity index (χ1v) is 9.65. The molecule has 0 fully saturated rings. The standard InChI is InChI=1S/C22H16N4OS/c1-27-20-9-5-3-7-16(20)10-12-17-14-26-21(24-25-22(26)28-17)19-13-11-15-6-2-4-8-18(15)23-19/h2-14H,1H3/b12-10+. The maximum atomic E-state index is 5.41. The molecular formula is C22H16N4OS. The van der Waals surface area contributed by atoms with Gasteiger partial charge in [0.05, 0.1) is 12.6 Å². The van der Waals surface area contributed by atoms with Crippen molar-refractivity contribution in [1.82, 2.24) is 19.6 Å². The minimum atomic E-state index is 0.744. The second-order valence-corrected chi connectivity index (χ2v) is 7.31. The van der Waals surface area contributed by atoms with Crippen LogP contribution in [0.4, 0.5) is 0 Å². The van der Waals surface area contributed by atoms with Gasteiger partial charge in [0.1, 0.15) is 11.4 Å². The van der Waals surface area contributed by atoms with Gasteiger partial charge in [-0.2, -0.15) is 0 Å². The lowest BCUT2D eigenvalue weighted by Crippen LogP contribution is -1.90. The van der Waals surface area contributed by atoms with E-state index in [0.717, 1.165) is 43.6 Å². The number of aromatic nitrogens is 4. The number of thiazole rings is 1. The SMILES string of the molecule is COc1ccccc1/C=C/c1cn2c(-c3ccc4ccccc4n3)nnc2s1. The van der Waals surface area contributed by atoms with Crippen LogP contribution in [-0.4, -0.2) is 26.7 Å². The molecule has 6 heteroatoms. The maximum absolute atomic E-state index is 5.41. The Kier molecular flexibility index (Phi) is 4.10. The van der Waals surface area contributed by atoms with E-state index in [9.17, 15) is 0 Å². The van der Waals surface area contributed by atoms with Crippen LogP contribution in [0.25, 0.3) is 39.5 Å². The molecule has 0 bridgehead atoms. The summed E-state index contributed by atoms with van der Waals surface area (Å²) in [6.07, 6.45) is 6.15. The van der Waals surface area contributed by atoms with Gasteiger partial charge in [-0.1, -0.05) is 53.8 Å². The average Bonchev–Trinajstić information content (AvgIpc) is 3.32. The fourth-order valence-electron chi connectivity index (χ4n) is 3.14. The summed E-state index contributed by atoms with van der Waals surface area (Å²) in [4.78, 5) is 6.66. The van der Waals surface area contributed by atoms with Crippen molar-refractivity contribution in [2.24, 2.45) is 0 Å². The number of hydrogen-bond acceptors (Lipinski definition) is 5. The molecule has 5 rings (SSSR count). The maximum Gasteiger partial charge on any atom is 0.217 e. The molecule has 5 nitrogen and oxygen atoms in total. The van der Waals surface area contributed by atoms with Crippen LogP contribution in [0.5, 0.6) is 5.75 Å². The summed E-state index contributed by atoms with van der Waals surface area (Å²) in [6, 6.07) is 20.1. The van der Waals surface area contributed by atoms with E-state index >= 15 is 0 Å². The quantitative estimate of drug-likeness (QED) is 0.428. The van der Waals surface area contributed by atoms with Gasteiger partial charge in [-0.15, -0.1) is 10.2 Å². The molecule has 0 saturated carbocycles. The molecule has 0 radical (unpaired) electrons. The molecule has 3 heterocycles. The van der Waals surface area contributed by atoms with Gasteiger partial charge >= 0.3 is 0 Å². The van der Waals surface area contributed by atoms with E-state index in [1.165, 1.54) is 0 Å². The van der Waals surface area contributed by atoms with Crippen molar-refractivity contribution >= 4 is 39.4 Å². The van der Waals surface area contributed by atoms with Gasteiger partial charge in [-0.25, -0.2) is 4.98 Å². The van der Waals surface area contributed by atoms with Crippen LogP contribution < -0.4 is 4.74 Å². The Balaban J connectivity index is 1.52. The zero-order chi connectivity index (χ0) is 18.9. The predicted molar refractivity (Wildman–Crippen MR) is 114 cm³/mol. The Hall–Kier alpha value is -3.51. The third-order valence-electron chi connectivity index (χ3n) is 4.52. The molecule has 0 spiro atoms. The van der Waals surface area contributed by atoms with Crippen LogP contribution in [-0.2, 0) is 0 Å². The number of pyridine rings is 1. The summed E-state index contributed by atoms with van der Waals surface area (Å²) in [5, 5.41) is 9.76. The van der Waals surface area contributed by atoms with E-state index in [4.69, 9.17) is 9.72 Å². The highest BCUT2D eigenvalue weighted by Crippen LogP contribution is 2.26. The number of ether oxygens (including phenoxy) is 1. The van der Waals surface area contributed by atoms with Gasteiger partial charge in [0.2, 0.25) is 4.96 Å². The van der Waals surface area contributed by atoms with Crippen LogP contribution in [0.3, 0.4) is 0 Å². The van der Waals surface area contributed by atoms with Crippen molar-refractivity contribution in [3.8, 4) is 17.3 Å². The fraction of sp³-hybridized carbons (Fsp3) is 0.0455. The molecule has 136 valence electrons. The molecule has 5 aromatic rings. The zero-order valence-corrected chi connectivity index (χ0v) is 15.9. The van der Waals surface area contributed by atoms with E-state index in [1.807, 2.05) is 65.2 Å². The first-order valence-electron chi connectivity index (χ1n) is 8.84. The number of rotatable bonds is 4. The first kappa shape index (κ1) is 16.6. The van der Waals surface area contributed by atoms with Crippen molar-refractivity contribution in [3.05, 3.63) is 77.3 Å². The van der Waals surface area contributed by atoms with E-state index in [2.05, 4.69) is 28.4 Å². The fourth-order valence-corrected chi connectivity index (χ4v) is 3.96. The molecule has 0 unspecified atom stereocenters. The second kappa shape index (κ2) is 6.90. The van der Waals surface area contributed by atoms with Crippen molar-refractivity contribution in [1.29, 1.82) is 0 Å². The number of hydrogen-bond donors (Lipinski definition) is 0. The highest BCUT2D eigenvalue weighted by atomic mass is 32.1. The largest absolute Gasteiger partial charge is 0.496 e. The lowest BCUT2D eigenvalue weighted by atomic mass is 10.2. The first-order chi connectivity index (χ1) is 13.8. The monoisotopic (exact) mass is 384 g/mol. The molecule has 2 aromatic carbocycles. The van der Waals surface area contributed by atoms with Gasteiger partial charge in [0.15, 0.2) is 5.82 Å². The predicted octanol–water partition coefficient (Wildman–Crippen LogP) is 5.19. The molecule has 0 amide bonds. The van der Waals surface area contributed by atoms with Crippen LogP contribution in [0.1, 0.15) is 10.4 Å². The third-order valence-corrected chi connectivity index (χ3v) is 5.46. The Morgan fingerprint density at radius 2 is 1.79 bits per heavy atom. The Bertz CT molecular complexity index is 1320. The number of fused-ring (bicyclic) bond motifs is 2. The van der Waals surface area contributed by atoms with E-state index in [0.29, 0.717) is 0 Å². The van der Waals surface area contributed by atoms with Crippen molar-refractivity contribution < 1.29 is 4.74 Å². The van der Waals surface area contributed by atoms with Gasteiger partial charge in [0.25, 0.3) is 0 Å². The molecule has 3 aromatic heterocycles. The molecule has 0 saturated heterocycles. The summed E-state index contributed by atoms with van der Waals surface area (Å²) >= 11 is 1.58. The number of methoxy groups -OCH3 is 1. The molecule has 0 N–H and O–H groups in total. The summed E-state index contributed by atoms with van der Waals surface area (Å²) < 4.78 is 7.40. The second-order valence-electron chi connectivity index (χ2n) is 6.27. The number of para-hydroxylation sites is 2. The highest BCUT2D eigenvalue weighted by molar-refractivity contribution is 7.17. The highest BCUT2D eigenvalue weighted by Gasteiger charge is 2.12. The molecular weight excluding hydrogens is 368 g/mol. The topological polar surface area (TPSA) is 52.3 Å². The van der Waals surface area contributed by atoms with E-state index < -0.39 is 0 Å². The van der Waals surface area contributed by atoms with Gasteiger partial charge in [0, 0.05) is 22.0 Å². The summed E-state index contributed by atoms with van der Waals surface area (Å²) in [7, 11) is 1.68. The Morgan fingerprint density at radius 1 is 0.929 bits per heavy atom. The molecule has 0 atom stereocenters. The lowest BCUT2D eigenvalue weighted by Gasteiger charge is -2.02. The average molecular weight is 384 g/mol. The minimum Gasteiger partial charge on any atom is -0.496 e. The van der Waals surface area contributed by atoms with Crippen LogP contribution in [0, 0.1) is 0 Å².